The van der Waals surface area contributed by atoms with Crippen molar-refractivity contribution in [2.75, 3.05) is 0 Å². The Bertz CT molecular complexity index is 523. The summed E-state index contributed by atoms with van der Waals surface area (Å²) in [7, 11) is -3.77. The molecule has 0 amide bonds. The molecule has 0 aromatic heterocycles. The van der Waals surface area contributed by atoms with E-state index in [2.05, 4.69) is 67.7 Å². The van der Waals surface area contributed by atoms with E-state index in [1.165, 1.54) is 0 Å². The van der Waals surface area contributed by atoms with Crippen LogP contribution in [0.4, 0.5) is 0 Å². The van der Waals surface area contributed by atoms with Gasteiger partial charge in [0.05, 0.1) is 0 Å². The Balaban J connectivity index is 3.18. The molecule has 5 heteroatoms. The van der Waals surface area contributed by atoms with E-state index in [9.17, 15) is 0 Å². The van der Waals surface area contributed by atoms with Gasteiger partial charge >= 0.3 is 0 Å². The molecule has 0 spiro atoms. The van der Waals surface area contributed by atoms with E-state index in [0.717, 1.165) is 17.1 Å². The van der Waals surface area contributed by atoms with E-state index in [-0.39, 0.29) is 10.1 Å². The number of benzene rings is 1. The molecule has 1 aromatic carbocycles. The first-order valence-corrected chi connectivity index (χ1v) is 15.0. The summed E-state index contributed by atoms with van der Waals surface area (Å²) >= 11 is 6.10. The molecule has 0 bridgehead atoms. The first-order chi connectivity index (χ1) is 10.6. The van der Waals surface area contributed by atoms with Crippen LogP contribution in [0.2, 0.25) is 36.3 Å². The van der Waals surface area contributed by atoms with Gasteiger partial charge in [-0.3, -0.25) is 0 Å². The topological polar surface area (TPSA) is 18.5 Å². The van der Waals surface area contributed by atoms with Crippen molar-refractivity contribution >= 4 is 28.2 Å². The van der Waals surface area contributed by atoms with Gasteiger partial charge in [-0.15, -0.1) is 11.6 Å². The summed E-state index contributed by atoms with van der Waals surface area (Å²) in [6, 6.07) is 6.13. The van der Waals surface area contributed by atoms with Gasteiger partial charge in [-0.25, -0.2) is 0 Å². The van der Waals surface area contributed by atoms with Crippen LogP contribution >= 0.6 is 11.6 Å². The maximum atomic E-state index is 6.47. The molecule has 0 aliphatic carbocycles. The average Bonchev–Trinajstić information content (AvgIpc) is 2.34. The molecule has 0 aliphatic rings. The maximum Gasteiger partial charge on any atom is 0.250 e. The van der Waals surface area contributed by atoms with Crippen molar-refractivity contribution in [2.45, 2.75) is 83.7 Å². The van der Waals surface area contributed by atoms with Gasteiger partial charge in [0, 0.05) is 11.9 Å². The van der Waals surface area contributed by atoms with Gasteiger partial charge in [0.2, 0.25) is 16.6 Å². The third-order valence-corrected chi connectivity index (χ3v) is 14.5. The van der Waals surface area contributed by atoms with Crippen LogP contribution in [0, 0.1) is 0 Å². The summed E-state index contributed by atoms with van der Waals surface area (Å²) in [5.41, 5.74) is 1.04. The van der Waals surface area contributed by atoms with Crippen molar-refractivity contribution in [2.24, 2.45) is 0 Å². The molecule has 0 N–H and O–H groups in total. The minimum absolute atomic E-state index is 0.157. The van der Waals surface area contributed by atoms with Crippen molar-refractivity contribution < 1.29 is 8.85 Å². The molecule has 0 heterocycles. The predicted octanol–water partition coefficient (Wildman–Crippen LogP) is 7.19. The first-order valence-electron chi connectivity index (χ1n) is 8.67. The van der Waals surface area contributed by atoms with Crippen molar-refractivity contribution in [3.8, 4) is 11.5 Å². The number of halogens is 1. The van der Waals surface area contributed by atoms with Crippen LogP contribution in [-0.4, -0.2) is 16.6 Å². The lowest BCUT2D eigenvalue weighted by molar-refractivity contribution is 0.474. The van der Waals surface area contributed by atoms with Gasteiger partial charge in [-0.1, -0.05) is 41.5 Å². The van der Waals surface area contributed by atoms with Crippen molar-refractivity contribution in [1.82, 2.24) is 0 Å². The Morgan fingerprint density at radius 2 is 1.08 bits per heavy atom. The summed E-state index contributed by atoms with van der Waals surface area (Å²) in [4.78, 5) is 0. The molecule has 2 nitrogen and oxygen atoms in total. The fourth-order valence-electron chi connectivity index (χ4n) is 1.72. The number of hydrogen-bond acceptors (Lipinski definition) is 2. The maximum absolute atomic E-state index is 6.47. The molecule has 0 saturated carbocycles. The predicted molar refractivity (Wildman–Crippen MR) is 112 cm³/mol. The van der Waals surface area contributed by atoms with Crippen molar-refractivity contribution in [1.29, 1.82) is 0 Å². The molecule has 1 aromatic rings. The van der Waals surface area contributed by atoms with Crippen LogP contribution in [-0.2, 0) is 5.88 Å². The molecular weight excluding hydrogens is 352 g/mol. The largest absolute Gasteiger partial charge is 0.543 e. The zero-order valence-electron chi connectivity index (χ0n) is 17.1. The Labute approximate surface area is 156 Å². The highest BCUT2D eigenvalue weighted by atomic mass is 35.5. The quantitative estimate of drug-likeness (QED) is 0.393. The smallest absolute Gasteiger partial charge is 0.250 e. The molecule has 0 unspecified atom stereocenters. The van der Waals surface area contributed by atoms with Gasteiger partial charge in [0.15, 0.2) is 0 Å². The van der Waals surface area contributed by atoms with Crippen LogP contribution in [0.3, 0.4) is 0 Å². The summed E-state index contributed by atoms with van der Waals surface area (Å²) in [5.74, 6) is 2.23. The van der Waals surface area contributed by atoms with E-state index in [1.54, 1.807) is 0 Å². The fourth-order valence-corrected chi connectivity index (χ4v) is 3.90. The summed E-state index contributed by atoms with van der Waals surface area (Å²) in [6.45, 7) is 22.5. The van der Waals surface area contributed by atoms with Crippen LogP contribution in [0.15, 0.2) is 18.2 Å². The third-order valence-electron chi connectivity index (χ3n) is 5.45. The van der Waals surface area contributed by atoms with Crippen LogP contribution in [0.1, 0.15) is 47.1 Å². The van der Waals surface area contributed by atoms with E-state index < -0.39 is 16.6 Å². The Morgan fingerprint density at radius 3 is 1.33 bits per heavy atom. The third kappa shape index (κ3) is 5.27. The van der Waals surface area contributed by atoms with Crippen molar-refractivity contribution in [3.05, 3.63) is 23.8 Å². The highest BCUT2D eigenvalue weighted by Crippen LogP contribution is 2.40. The zero-order valence-corrected chi connectivity index (χ0v) is 19.9. The summed E-state index contributed by atoms with van der Waals surface area (Å²) in [6.07, 6.45) is 0. The van der Waals surface area contributed by atoms with Gasteiger partial charge in [-0.2, -0.15) is 0 Å². The van der Waals surface area contributed by atoms with E-state index in [4.69, 9.17) is 20.5 Å². The standard InChI is InChI=1S/C19H35ClO2Si2/c1-18(2,3)23(7,8)21-16-11-15(14-20)12-17(13-16)22-24(9,10)19(4,5)6/h11-13H,14H2,1-10H3. The normalized spacial score (nSPS) is 13.8. The second kappa shape index (κ2) is 7.04. The molecule has 0 aliphatic heterocycles. The lowest BCUT2D eigenvalue weighted by atomic mass is 10.2. The Hall–Kier alpha value is -0.456. The molecule has 0 saturated heterocycles. The number of alkyl halides is 1. The van der Waals surface area contributed by atoms with Gasteiger partial charge < -0.3 is 8.85 Å². The Kier molecular flexibility index (Phi) is 6.33. The minimum atomic E-state index is -1.89. The molecular formula is C19H35ClO2Si2. The fraction of sp³-hybridized carbons (Fsp3) is 0.684. The second-order valence-electron chi connectivity index (χ2n) is 9.67. The molecule has 0 fully saturated rings. The van der Waals surface area contributed by atoms with Crippen molar-refractivity contribution in [3.63, 3.8) is 0 Å². The van der Waals surface area contributed by atoms with Gasteiger partial charge in [0.25, 0.3) is 0 Å². The molecule has 24 heavy (non-hydrogen) atoms. The van der Waals surface area contributed by atoms with Crippen LogP contribution in [0.25, 0.3) is 0 Å². The zero-order chi connectivity index (χ0) is 19.0. The van der Waals surface area contributed by atoms with E-state index in [0.29, 0.717) is 5.88 Å². The second-order valence-corrected chi connectivity index (χ2v) is 19.4. The monoisotopic (exact) mass is 386 g/mol. The van der Waals surface area contributed by atoms with Gasteiger partial charge in [-0.05, 0) is 54.0 Å². The average molecular weight is 387 g/mol. The number of hydrogen-bond donors (Lipinski definition) is 0. The molecule has 0 atom stereocenters. The van der Waals surface area contributed by atoms with E-state index >= 15 is 0 Å². The van der Waals surface area contributed by atoms with Crippen LogP contribution in [0.5, 0.6) is 11.5 Å². The lowest BCUT2D eigenvalue weighted by Crippen LogP contribution is -2.44. The first kappa shape index (κ1) is 21.6. The highest BCUT2D eigenvalue weighted by Gasteiger charge is 2.40. The Morgan fingerprint density at radius 1 is 0.750 bits per heavy atom. The lowest BCUT2D eigenvalue weighted by Gasteiger charge is -2.38. The molecule has 0 radical (unpaired) electrons. The highest BCUT2D eigenvalue weighted by molar-refractivity contribution is 6.75. The number of rotatable bonds is 5. The molecule has 1 rings (SSSR count). The van der Waals surface area contributed by atoms with E-state index in [1.807, 2.05) is 18.2 Å². The van der Waals surface area contributed by atoms with Crippen LogP contribution < -0.4 is 8.85 Å². The molecule has 138 valence electrons. The van der Waals surface area contributed by atoms with Gasteiger partial charge in [0.1, 0.15) is 11.5 Å². The summed E-state index contributed by atoms with van der Waals surface area (Å²) in [5, 5.41) is 0.314. The SMILES string of the molecule is CC(C)(C)[Si](C)(C)Oc1cc(CCl)cc(O[Si](C)(C)C(C)(C)C)c1. The summed E-state index contributed by atoms with van der Waals surface area (Å²) < 4.78 is 12.9. The minimum Gasteiger partial charge on any atom is -0.543 e.